The van der Waals surface area contributed by atoms with E-state index in [4.69, 9.17) is 0 Å². The Labute approximate surface area is 114 Å². The van der Waals surface area contributed by atoms with Crippen LogP contribution in [0.5, 0.6) is 5.75 Å². The van der Waals surface area contributed by atoms with Crippen molar-refractivity contribution in [2.45, 2.75) is 39.7 Å². The quantitative estimate of drug-likeness (QED) is 0.738. The van der Waals surface area contributed by atoms with E-state index in [1.165, 1.54) is 6.07 Å². The Bertz CT molecular complexity index is 427. The minimum atomic E-state index is -0.530. The number of carbonyl (C=O) groups is 1. The Balaban J connectivity index is 2.58. The number of carbonyl (C=O) groups excluding carboxylic acids is 1. The van der Waals surface area contributed by atoms with Crippen LogP contribution < -0.4 is 5.32 Å². The molecule has 0 aliphatic heterocycles. The lowest BCUT2D eigenvalue weighted by molar-refractivity contribution is 0.0816. The molecular weight excluding hydrogens is 242 g/mol. The monoisotopic (exact) mass is 265 g/mol. The van der Waals surface area contributed by atoms with E-state index in [2.05, 4.69) is 5.32 Å². The summed E-state index contributed by atoms with van der Waals surface area (Å²) in [4.78, 5) is 11.9. The Morgan fingerprint density at radius 3 is 2.47 bits per heavy atom. The number of amides is 1. The highest BCUT2D eigenvalue weighted by Gasteiger charge is 2.16. The molecule has 0 aliphatic carbocycles. The van der Waals surface area contributed by atoms with Crippen molar-refractivity contribution in [2.24, 2.45) is 5.92 Å². The third kappa shape index (κ3) is 4.24. The zero-order valence-corrected chi connectivity index (χ0v) is 11.8. The van der Waals surface area contributed by atoms with Crippen LogP contribution in [0.3, 0.4) is 0 Å². The maximum Gasteiger partial charge on any atom is 0.251 e. The van der Waals surface area contributed by atoms with Crippen molar-refractivity contribution < 1.29 is 15.0 Å². The molecule has 0 bridgehead atoms. The van der Waals surface area contributed by atoms with Gasteiger partial charge in [0, 0.05) is 12.1 Å². The van der Waals surface area contributed by atoms with E-state index >= 15 is 0 Å². The van der Waals surface area contributed by atoms with Crippen LogP contribution in [0.25, 0.3) is 0 Å². The molecule has 4 heteroatoms. The third-order valence-electron chi connectivity index (χ3n) is 3.54. The standard InChI is InChI=1S/C15H23NO3/c1-4-11(5-2)14(18)9-16-15(19)12-7-6-10(3)13(17)8-12/h6-8,11,14,17-18H,4-5,9H2,1-3H3,(H,16,19). The number of phenols is 1. The van der Waals surface area contributed by atoms with Crippen molar-refractivity contribution in [1.29, 1.82) is 0 Å². The summed E-state index contributed by atoms with van der Waals surface area (Å²) in [5.41, 5.74) is 1.13. The van der Waals surface area contributed by atoms with Crippen LogP contribution in [-0.2, 0) is 0 Å². The average Bonchev–Trinajstić information content (AvgIpc) is 2.40. The number of aryl methyl sites for hydroxylation is 1. The molecule has 0 saturated heterocycles. The smallest absolute Gasteiger partial charge is 0.251 e. The summed E-state index contributed by atoms with van der Waals surface area (Å²) in [6.07, 6.45) is 1.25. The molecule has 1 unspecified atom stereocenters. The molecule has 0 fully saturated rings. The second-order valence-electron chi connectivity index (χ2n) is 4.86. The summed E-state index contributed by atoms with van der Waals surface area (Å²) < 4.78 is 0. The topological polar surface area (TPSA) is 69.6 Å². The van der Waals surface area contributed by atoms with Crippen molar-refractivity contribution in [1.82, 2.24) is 5.32 Å². The molecule has 0 saturated carbocycles. The number of hydrogen-bond donors (Lipinski definition) is 3. The first-order valence-corrected chi connectivity index (χ1v) is 6.75. The number of aliphatic hydroxyl groups excluding tert-OH is 1. The number of rotatable bonds is 6. The molecule has 0 aliphatic rings. The van der Waals surface area contributed by atoms with E-state index in [-0.39, 0.29) is 24.1 Å². The van der Waals surface area contributed by atoms with Crippen LogP contribution in [0.2, 0.25) is 0 Å². The summed E-state index contributed by atoms with van der Waals surface area (Å²) in [7, 11) is 0. The van der Waals surface area contributed by atoms with Gasteiger partial charge in [-0.3, -0.25) is 4.79 Å². The first-order chi connectivity index (χ1) is 8.99. The minimum absolute atomic E-state index is 0.105. The van der Waals surface area contributed by atoms with Gasteiger partial charge in [-0.2, -0.15) is 0 Å². The fourth-order valence-corrected chi connectivity index (χ4v) is 2.05. The van der Waals surface area contributed by atoms with Crippen molar-refractivity contribution in [3.63, 3.8) is 0 Å². The molecular formula is C15H23NO3. The molecule has 0 radical (unpaired) electrons. The fraction of sp³-hybridized carbons (Fsp3) is 0.533. The predicted molar refractivity (Wildman–Crippen MR) is 75.3 cm³/mol. The van der Waals surface area contributed by atoms with E-state index in [0.29, 0.717) is 5.56 Å². The lowest BCUT2D eigenvalue weighted by Crippen LogP contribution is -2.36. The highest BCUT2D eigenvalue weighted by Crippen LogP contribution is 2.17. The average molecular weight is 265 g/mol. The lowest BCUT2D eigenvalue weighted by atomic mass is 9.96. The molecule has 4 nitrogen and oxygen atoms in total. The maximum absolute atomic E-state index is 11.9. The number of aliphatic hydroxyl groups is 1. The van der Waals surface area contributed by atoms with Crippen LogP contribution in [0.15, 0.2) is 18.2 Å². The second-order valence-corrected chi connectivity index (χ2v) is 4.86. The zero-order valence-electron chi connectivity index (χ0n) is 11.8. The molecule has 0 heterocycles. The van der Waals surface area contributed by atoms with Crippen LogP contribution >= 0.6 is 0 Å². The molecule has 1 rings (SSSR count). The summed E-state index contributed by atoms with van der Waals surface area (Å²) in [6, 6.07) is 4.80. The molecule has 1 aromatic carbocycles. The van der Waals surface area contributed by atoms with Crippen LogP contribution in [-0.4, -0.2) is 28.8 Å². The first kappa shape index (κ1) is 15.5. The molecule has 0 spiro atoms. The largest absolute Gasteiger partial charge is 0.508 e. The van der Waals surface area contributed by atoms with Crippen molar-refractivity contribution >= 4 is 5.91 Å². The van der Waals surface area contributed by atoms with Crippen LogP contribution in [0, 0.1) is 12.8 Å². The van der Waals surface area contributed by atoms with Crippen molar-refractivity contribution in [2.75, 3.05) is 6.54 Å². The van der Waals surface area contributed by atoms with Crippen LogP contribution in [0.1, 0.15) is 42.6 Å². The molecule has 106 valence electrons. The molecule has 1 aromatic rings. The molecule has 1 amide bonds. The Morgan fingerprint density at radius 2 is 1.95 bits per heavy atom. The van der Waals surface area contributed by atoms with Gasteiger partial charge in [-0.05, 0) is 30.5 Å². The van der Waals surface area contributed by atoms with Gasteiger partial charge in [0.15, 0.2) is 0 Å². The number of hydrogen-bond acceptors (Lipinski definition) is 3. The molecule has 19 heavy (non-hydrogen) atoms. The molecule has 1 atom stereocenters. The van der Waals surface area contributed by atoms with Gasteiger partial charge in [0.05, 0.1) is 6.10 Å². The molecule has 3 N–H and O–H groups in total. The van der Waals surface area contributed by atoms with Crippen LogP contribution in [0.4, 0.5) is 0 Å². The van der Waals surface area contributed by atoms with Gasteiger partial charge in [0.25, 0.3) is 5.91 Å². The van der Waals surface area contributed by atoms with Gasteiger partial charge < -0.3 is 15.5 Å². The van der Waals surface area contributed by atoms with Gasteiger partial charge in [-0.15, -0.1) is 0 Å². The van der Waals surface area contributed by atoms with Crippen molar-refractivity contribution in [3.8, 4) is 5.75 Å². The Kier molecular flexibility index (Phi) is 5.83. The first-order valence-electron chi connectivity index (χ1n) is 6.75. The fourth-order valence-electron chi connectivity index (χ4n) is 2.05. The second kappa shape index (κ2) is 7.14. The third-order valence-corrected chi connectivity index (χ3v) is 3.54. The normalized spacial score (nSPS) is 12.5. The lowest BCUT2D eigenvalue weighted by Gasteiger charge is -2.20. The Morgan fingerprint density at radius 1 is 1.32 bits per heavy atom. The van der Waals surface area contributed by atoms with E-state index in [1.54, 1.807) is 19.1 Å². The SMILES string of the molecule is CCC(CC)C(O)CNC(=O)c1ccc(C)c(O)c1. The summed E-state index contributed by atoms with van der Waals surface area (Å²) in [5, 5.41) is 22.2. The zero-order chi connectivity index (χ0) is 14.4. The summed E-state index contributed by atoms with van der Waals surface area (Å²) in [5.74, 6) is 0.0280. The number of aromatic hydroxyl groups is 1. The number of nitrogens with one attached hydrogen (secondary N) is 1. The van der Waals surface area contributed by atoms with Gasteiger partial charge >= 0.3 is 0 Å². The number of benzene rings is 1. The van der Waals surface area contributed by atoms with Gasteiger partial charge in [0.2, 0.25) is 0 Å². The van der Waals surface area contributed by atoms with E-state index in [0.717, 1.165) is 18.4 Å². The molecule has 0 aromatic heterocycles. The Hall–Kier alpha value is -1.55. The summed E-state index contributed by atoms with van der Waals surface area (Å²) >= 11 is 0. The van der Waals surface area contributed by atoms with Gasteiger partial charge in [-0.25, -0.2) is 0 Å². The van der Waals surface area contributed by atoms with E-state index in [9.17, 15) is 15.0 Å². The van der Waals surface area contributed by atoms with E-state index in [1.807, 2.05) is 13.8 Å². The van der Waals surface area contributed by atoms with Gasteiger partial charge in [-0.1, -0.05) is 32.8 Å². The van der Waals surface area contributed by atoms with Crippen molar-refractivity contribution in [3.05, 3.63) is 29.3 Å². The predicted octanol–water partition coefficient (Wildman–Crippen LogP) is 2.23. The van der Waals surface area contributed by atoms with E-state index < -0.39 is 6.10 Å². The number of phenolic OH excluding ortho intramolecular Hbond substituents is 1. The maximum atomic E-state index is 11.9. The van der Waals surface area contributed by atoms with Gasteiger partial charge in [0.1, 0.15) is 5.75 Å². The summed E-state index contributed by atoms with van der Waals surface area (Å²) in [6.45, 7) is 6.06. The highest BCUT2D eigenvalue weighted by atomic mass is 16.3. The minimum Gasteiger partial charge on any atom is -0.508 e. The highest BCUT2D eigenvalue weighted by molar-refractivity contribution is 5.94.